The minimum Gasteiger partial charge on any atom is -0.367 e. The first-order valence-electron chi connectivity index (χ1n) is 11.1. The van der Waals surface area contributed by atoms with Gasteiger partial charge in [-0.15, -0.1) is 0 Å². The van der Waals surface area contributed by atoms with Crippen molar-refractivity contribution in [2.45, 2.75) is 77.3 Å². The standard InChI is InChI=1S/C22H31F2N5O2/c1-5-14-9-17(31-27-14)21(30)28-8-6-7-13(12-28)15-10-16(20(23)24)29-19(25-15)11-18(26-29)22(2,3)4/h9,11,13,15-16,20,25H,5-8,10,12H2,1-4H3/t13-,15+,16-/m1/s1. The first kappa shape index (κ1) is 21.8. The molecule has 4 rings (SSSR count). The molecule has 1 N–H and O–H groups in total. The Morgan fingerprint density at radius 2 is 2.13 bits per heavy atom. The van der Waals surface area contributed by atoms with Gasteiger partial charge in [-0.2, -0.15) is 5.10 Å². The van der Waals surface area contributed by atoms with Crippen LogP contribution in [0.25, 0.3) is 0 Å². The average molecular weight is 436 g/mol. The molecule has 0 spiro atoms. The van der Waals surface area contributed by atoms with Crippen LogP contribution in [-0.2, 0) is 11.8 Å². The van der Waals surface area contributed by atoms with Gasteiger partial charge in [-0.1, -0.05) is 32.9 Å². The maximum Gasteiger partial charge on any atom is 0.292 e. The monoisotopic (exact) mass is 435 g/mol. The number of nitrogens with one attached hydrogen (secondary N) is 1. The van der Waals surface area contributed by atoms with Crippen LogP contribution in [0.4, 0.5) is 14.6 Å². The lowest BCUT2D eigenvalue weighted by Crippen LogP contribution is -2.48. The number of halogens is 2. The number of hydrogen-bond donors (Lipinski definition) is 1. The number of rotatable bonds is 4. The zero-order chi connectivity index (χ0) is 22.3. The van der Waals surface area contributed by atoms with Crippen LogP contribution in [0.1, 0.15) is 74.9 Å². The molecule has 0 aliphatic carbocycles. The number of amides is 1. The second-order valence-corrected chi connectivity index (χ2v) is 9.69. The molecule has 0 saturated carbocycles. The molecule has 1 saturated heterocycles. The predicted molar refractivity (Wildman–Crippen MR) is 113 cm³/mol. The van der Waals surface area contributed by atoms with E-state index in [-0.39, 0.29) is 35.5 Å². The Morgan fingerprint density at radius 3 is 2.77 bits per heavy atom. The molecule has 170 valence electrons. The van der Waals surface area contributed by atoms with E-state index in [0.29, 0.717) is 25.3 Å². The molecule has 2 aromatic heterocycles. The number of fused-ring (bicyclic) bond motifs is 1. The Bertz CT molecular complexity index is 933. The molecule has 2 aliphatic heterocycles. The zero-order valence-corrected chi connectivity index (χ0v) is 18.6. The summed E-state index contributed by atoms with van der Waals surface area (Å²) in [6.07, 6.45) is 0.193. The van der Waals surface area contributed by atoms with Gasteiger partial charge in [0.15, 0.2) is 0 Å². The first-order chi connectivity index (χ1) is 14.7. The molecule has 1 amide bonds. The number of anilines is 1. The largest absolute Gasteiger partial charge is 0.367 e. The van der Waals surface area contributed by atoms with Gasteiger partial charge < -0.3 is 14.7 Å². The van der Waals surface area contributed by atoms with Crippen LogP contribution in [-0.4, -0.2) is 51.3 Å². The molecule has 2 aromatic rings. The molecule has 7 nitrogen and oxygen atoms in total. The molecule has 3 atom stereocenters. The summed E-state index contributed by atoms with van der Waals surface area (Å²) in [4.78, 5) is 14.6. The summed E-state index contributed by atoms with van der Waals surface area (Å²) in [5.74, 6) is 0.776. The number of alkyl halides is 2. The third kappa shape index (κ3) is 4.32. The van der Waals surface area contributed by atoms with Crippen LogP contribution in [0.2, 0.25) is 0 Å². The third-order valence-electron chi connectivity index (χ3n) is 6.38. The molecule has 0 unspecified atom stereocenters. The third-order valence-corrected chi connectivity index (χ3v) is 6.38. The number of carbonyl (C=O) groups excluding carboxylic acids is 1. The highest BCUT2D eigenvalue weighted by atomic mass is 19.3. The van der Waals surface area contributed by atoms with E-state index in [1.807, 2.05) is 33.8 Å². The summed E-state index contributed by atoms with van der Waals surface area (Å²) < 4.78 is 34.5. The minimum absolute atomic E-state index is 0.0780. The molecule has 0 radical (unpaired) electrons. The van der Waals surface area contributed by atoms with Gasteiger partial charge in [0.1, 0.15) is 11.9 Å². The van der Waals surface area contributed by atoms with Gasteiger partial charge in [-0.25, -0.2) is 13.5 Å². The number of carbonyl (C=O) groups is 1. The van der Waals surface area contributed by atoms with Crippen molar-refractivity contribution in [3.8, 4) is 0 Å². The Morgan fingerprint density at radius 1 is 1.35 bits per heavy atom. The quantitative estimate of drug-likeness (QED) is 0.776. The Kier molecular flexibility index (Phi) is 5.79. The molecule has 9 heteroatoms. The van der Waals surface area contributed by atoms with Crippen LogP contribution in [0.15, 0.2) is 16.7 Å². The summed E-state index contributed by atoms with van der Waals surface area (Å²) in [5.41, 5.74) is 1.31. The smallest absolute Gasteiger partial charge is 0.292 e. The van der Waals surface area contributed by atoms with Crippen molar-refractivity contribution in [2.24, 2.45) is 5.92 Å². The molecular formula is C22H31F2N5O2. The van der Waals surface area contributed by atoms with Crippen LogP contribution in [0, 0.1) is 5.92 Å². The van der Waals surface area contributed by atoms with E-state index < -0.39 is 12.5 Å². The van der Waals surface area contributed by atoms with Gasteiger partial charge in [-0.05, 0) is 31.6 Å². The maximum atomic E-state index is 13.9. The molecule has 2 aliphatic rings. The lowest BCUT2D eigenvalue weighted by atomic mass is 9.85. The minimum atomic E-state index is -2.50. The van der Waals surface area contributed by atoms with E-state index in [0.717, 1.165) is 24.2 Å². The number of likely N-dealkylation sites (tertiary alicyclic amines) is 1. The van der Waals surface area contributed by atoms with Crippen molar-refractivity contribution in [2.75, 3.05) is 18.4 Å². The van der Waals surface area contributed by atoms with Gasteiger partial charge in [0, 0.05) is 36.7 Å². The second-order valence-electron chi connectivity index (χ2n) is 9.69. The Labute approximate surface area is 181 Å². The molecule has 31 heavy (non-hydrogen) atoms. The van der Waals surface area contributed by atoms with E-state index in [9.17, 15) is 13.6 Å². The fourth-order valence-corrected chi connectivity index (χ4v) is 4.51. The van der Waals surface area contributed by atoms with Gasteiger partial charge in [0.2, 0.25) is 5.76 Å². The fourth-order valence-electron chi connectivity index (χ4n) is 4.51. The van der Waals surface area contributed by atoms with Crippen LogP contribution in [0.5, 0.6) is 0 Å². The lowest BCUT2D eigenvalue weighted by molar-refractivity contribution is 0.0488. The van der Waals surface area contributed by atoms with E-state index in [4.69, 9.17) is 4.52 Å². The lowest BCUT2D eigenvalue weighted by Gasteiger charge is -2.40. The molecular weight excluding hydrogens is 404 g/mol. The summed E-state index contributed by atoms with van der Waals surface area (Å²) in [6.45, 7) is 9.16. The molecule has 0 aromatic carbocycles. The van der Waals surface area contributed by atoms with E-state index >= 15 is 0 Å². The van der Waals surface area contributed by atoms with Gasteiger partial charge >= 0.3 is 0 Å². The number of aromatic nitrogens is 3. The SMILES string of the molecule is CCc1cc(C(=O)N2CCC[C@@H]([C@@H]3C[C@H](C(F)F)n4nc(C(C)(C)C)cc4N3)C2)on1. The highest BCUT2D eigenvalue weighted by Crippen LogP contribution is 2.38. The number of hydrogen-bond acceptors (Lipinski definition) is 5. The van der Waals surface area contributed by atoms with Gasteiger partial charge in [-0.3, -0.25) is 4.79 Å². The van der Waals surface area contributed by atoms with Crippen LogP contribution >= 0.6 is 0 Å². The highest BCUT2D eigenvalue weighted by Gasteiger charge is 2.40. The van der Waals surface area contributed by atoms with Crippen LogP contribution < -0.4 is 5.32 Å². The summed E-state index contributed by atoms with van der Waals surface area (Å²) in [6, 6.07) is 2.45. The number of nitrogens with zero attached hydrogens (tertiary/aromatic N) is 4. The average Bonchev–Trinajstić information content (AvgIpc) is 3.39. The Balaban J connectivity index is 1.52. The van der Waals surface area contributed by atoms with Crippen molar-refractivity contribution in [3.05, 3.63) is 29.3 Å². The summed E-state index contributed by atoms with van der Waals surface area (Å²) in [5, 5.41) is 11.8. The zero-order valence-electron chi connectivity index (χ0n) is 18.6. The maximum absolute atomic E-state index is 13.9. The van der Waals surface area contributed by atoms with Crippen molar-refractivity contribution < 1.29 is 18.1 Å². The van der Waals surface area contributed by atoms with E-state index in [1.165, 1.54) is 4.68 Å². The first-order valence-corrected chi connectivity index (χ1v) is 11.1. The fraction of sp³-hybridized carbons (Fsp3) is 0.682. The highest BCUT2D eigenvalue weighted by molar-refractivity contribution is 5.91. The van der Waals surface area contributed by atoms with Crippen molar-refractivity contribution in [3.63, 3.8) is 0 Å². The summed E-state index contributed by atoms with van der Waals surface area (Å²) in [7, 11) is 0. The molecule has 0 bridgehead atoms. The Hall–Kier alpha value is -2.45. The van der Waals surface area contributed by atoms with Crippen molar-refractivity contribution >= 4 is 11.7 Å². The normalized spacial score (nSPS) is 24.2. The van der Waals surface area contributed by atoms with Gasteiger partial charge in [0.25, 0.3) is 12.3 Å². The molecule has 4 heterocycles. The second kappa shape index (κ2) is 8.24. The van der Waals surface area contributed by atoms with Gasteiger partial charge in [0.05, 0.1) is 11.4 Å². The summed E-state index contributed by atoms with van der Waals surface area (Å²) >= 11 is 0. The topological polar surface area (TPSA) is 76.2 Å². The number of piperidine rings is 1. The van der Waals surface area contributed by atoms with Crippen LogP contribution in [0.3, 0.4) is 0 Å². The van der Waals surface area contributed by atoms with Crippen molar-refractivity contribution in [1.82, 2.24) is 19.8 Å². The predicted octanol–water partition coefficient (Wildman–Crippen LogP) is 4.27. The number of aryl methyl sites for hydroxylation is 1. The molecule has 1 fully saturated rings. The van der Waals surface area contributed by atoms with E-state index in [1.54, 1.807) is 11.0 Å². The van der Waals surface area contributed by atoms with E-state index in [2.05, 4.69) is 15.6 Å². The van der Waals surface area contributed by atoms with Crippen molar-refractivity contribution in [1.29, 1.82) is 0 Å².